The second kappa shape index (κ2) is 9.90. The van der Waals surface area contributed by atoms with Gasteiger partial charge < -0.3 is 21.3 Å². The number of benzene rings is 2. The molecule has 0 atom stereocenters. The van der Waals surface area contributed by atoms with Crippen LogP contribution in [0, 0.1) is 0 Å². The molecule has 2 rings (SSSR count). The van der Waals surface area contributed by atoms with E-state index in [-0.39, 0.29) is 51.4 Å². The summed E-state index contributed by atoms with van der Waals surface area (Å²) in [6.07, 6.45) is 0. The van der Waals surface area contributed by atoms with Crippen molar-refractivity contribution >= 4 is 29.7 Å². The Morgan fingerprint density at radius 1 is 0.800 bits per heavy atom. The Balaban J connectivity index is 0.00000200. The van der Waals surface area contributed by atoms with Gasteiger partial charge in [0.2, 0.25) is 0 Å². The molecule has 0 bridgehead atoms. The summed E-state index contributed by atoms with van der Waals surface area (Å²) >= 11 is 10.4. The summed E-state index contributed by atoms with van der Waals surface area (Å²) in [5.74, 6) is 0. The second-order valence-electron chi connectivity index (χ2n) is 3.97. The fourth-order valence-corrected chi connectivity index (χ4v) is 2.81. The fraction of sp³-hybridized carbons (Fsp3) is 0.143. The number of rotatable bonds is 6. The van der Waals surface area contributed by atoms with Gasteiger partial charge in [0.1, 0.15) is 0 Å². The maximum absolute atomic E-state index is 5.56. The Bertz CT molecular complexity index is 504. The van der Waals surface area contributed by atoms with Gasteiger partial charge in [-0.2, -0.15) is 0 Å². The molecule has 0 aliphatic carbocycles. The zero-order valence-corrected chi connectivity index (χ0v) is 16.9. The summed E-state index contributed by atoms with van der Waals surface area (Å²) in [7, 11) is 0. The average Bonchev–Trinajstić information content (AvgIpc) is 2.46. The third kappa shape index (κ3) is 7.32. The minimum Gasteiger partial charge on any atom is -0.691 e. The van der Waals surface area contributed by atoms with Crippen LogP contribution in [0.4, 0.5) is 0 Å². The van der Waals surface area contributed by atoms with Gasteiger partial charge in [0, 0.05) is 0 Å². The molecule has 0 aliphatic rings. The predicted octanol–water partition coefficient (Wildman–Crippen LogP) is 1.20. The Labute approximate surface area is 173 Å². The minimum absolute atomic E-state index is 0. The van der Waals surface area contributed by atoms with Crippen LogP contribution in [-0.4, -0.2) is 0 Å². The molecule has 0 fully saturated rings. The largest absolute Gasteiger partial charge is 1.00 e. The van der Waals surface area contributed by atoms with Gasteiger partial charge in [-0.25, -0.2) is 0 Å². The number of hydrogen-bond donors (Lipinski definition) is 0. The molecule has 0 unspecified atom stereocenters. The van der Waals surface area contributed by atoms with Crippen molar-refractivity contribution in [3.05, 3.63) is 71.8 Å². The molecule has 0 radical (unpaired) electrons. The first-order valence-electron chi connectivity index (χ1n) is 5.84. The predicted molar refractivity (Wildman–Crippen MR) is 84.1 cm³/mol. The van der Waals surface area contributed by atoms with E-state index in [2.05, 4.69) is 0 Å². The van der Waals surface area contributed by atoms with Crippen molar-refractivity contribution in [2.75, 3.05) is 0 Å². The molecule has 0 spiro atoms. The zero-order chi connectivity index (χ0) is 13.6. The first kappa shape index (κ1) is 19.0. The quantitative estimate of drug-likeness (QED) is 0.443. The van der Waals surface area contributed by atoms with Crippen LogP contribution in [0.2, 0.25) is 0 Å². The molecule has 6 heteroatoms. The topological polar surface area (TPSA) is 18.5 Å². The third-order valence-corrected chi connectivity index (χ3v) is 4.62. The van der Waals surface area contributed by atoms with Crippen molar-refractivity contribution < 1.29 is 60.4 Å². The van der Waals surface area contributed by atoms with Gasteiger partial charge in [-0.1, -0.05) is 72.5 Å². The summed E-state index contributed by atoms with van der Waals surface area (Å²) in [4.78, 5) is 0. The SMILES string of the molecule is S=P([S-])(OCc1ccccc1)OCc1ccccc1.[K+]. The van der Waals surface area contributed by atoms with Crippen molar-refractivity contribution in [3.63, 3.8) is 0 Å². The zero-order valence-electron chi connectivity index (χ0n) is 11.3. The van der Waals surface area contributed by atoms with Gasteiger partial charge in [-0.3, -0.25) is 0 Å². The van der Waals surface area contributed by atoms with Gasteiger partial charge in [0.05, 0.1) is 18.9 Å². The van der Waals surface area contributed by atoms with Crippen LogP contribution < -0.4 is 51.4 Å². The maximum atomic E-state index is 5.56. The van der Waals surface area contributed by atoms with Crippen molar-refractivity contribution in [3.8, 4) is 0 Å². The van der Waals surface area contributed by atoms with Gasteiger partial charge in [-0.15, -0.1) is 0 Å². The first-order chi connectivity index (χ1) is 9.16. The van der Waals surface area contributed by atoms with E-state index >= 15 is 0 Å². The Kier molecular flexibility index (Phi) is 9.43. The van der Waals surface area contributed by atoms with E-state index in [4.69, 9.17) is 33.1 Å². The van der Waals surface area contributed by atoms with Gasteiger partial charge in [0.25, 0.3) is 0 Å². The van der Waals surface area contributed by atoms with Crippen LogP contribution in [0.15, 0.2) is 60.7 Å². The van der Waals surface area contributed by atoms with Crippen molar-refractivity contribution in [1.82, 2.24) is 0 Å². The molecular weight excluding hydrogens is 334 g/mol. The standard InChI is InChI=1S/C14H15O2PS2.K/c18-17(19,15-11-13-7-3-1-4-8-13)16-12-14-9-5-2-6-10-14;/h1-10H,11-12H2,(H,18,19);/q;+1/p-1. The molecule has 0 N–H and O–H groups in total. The van der Waals surface area contributed by atoms with E-state index < -0.39 is 5.69 Å². The fourth-order valence-electron chi connectivity index (χ4n) is 1.49. The van der Waals surface area contributed by atoms with Crippen LogP contribution in [-0.2, 0) is 46.3 Å². The average molecular weight is 348 g/mol. The van der Waals surface area contributed by atoms with E-state index in [1.54, 1.807) is 0 Å². The molecule has 0 aromatic heterocycles. The van der Waals surface area contributed by atoms with E-state index in [0.29, 0.717) is 13.2 Å². The molecule has 2 aromatic rings. The van der Waals surface area contributed by atoms with Gasteiger partial charge in [-0.05, 0) is 11.1 Å². The van der Waals surface area contributed by atoms with Crippen molar-refractivity contribution in [2.24, 2.45) is 0 Å². The molecule has 0 aliphatic heterocycles. The van der Waals surface area contributed by atoms with Gasteiger partial charge >= 0.3 is 51.4 Å². The van der Waals surface area contributed by atoms with Crippen LogP contribution in [0.1, 0.15) is 11.1 Å². The third-order valence-electron chi connectivity index (χ3n) is 2.46. The van der Waals surface area contributed by atoms with E-state index in [1.807, 2.05) is 60.7 Å². The van der Waals surface area contributed by atoms with E-state index in [9.17, 15) is 0 Å². The normalized spacial score (nSPS) is 10.8. The summed E-state index contributed by atoms with van der Waals surface area (Å²) in [6, 6.07) is 19.6. The summed E-state index contributed by atoms with van der Waals surface area (Å²) in [5, 5.41) is 0. The molecule has 0 amide bonds. The molecule has 2 nitrogen and oxygen atoms in total. The summed E-state index contributed by atoms with van der Waals surface area (Å²) in [6.45, 7) is 0.798. The van der Waals surface area contributed by atoms with E-state index in [1.165, 1.54) is 0 Å². The second-order valence-corrected chi connectivity index (χ2v) is 8.95. The van der Waals surface area contributed by atoms with Crippen LogP contribution in [0.3, 0.4) is 0 Å². The monoisotopic (exact) mass is 348 g/mol. The molecule has 0 heterocycles. The summed E-state index contributed by atoms with van der Waals surface area (Å²) in [5.41, 5.74) is -0.514. The molecule has 0 saturated carbocycles. The Morgan fingerprint density at radius 2 is 1.15 bits per heavy atom. The van der Waals surface area contributed by atoms with Crippen molar-refractivity contribution in [1.29, 1.82) is 0 Å². The Morgan fingerprint density at radius 3 is 1.50 bits per heavy atom. The molecule has 2 aromatic carbocycles. The maximum Gasteiger partial charge on any atom is 1.00 e. The number of hydrogen-bond acceptors (Lipinski definition) is 4. The Hall–Kier alpha value is 0.996. The minimum atomic E-state index is -2.61. The molecular formula is C14H14KO2PS2. The van der Waals surface area contributed by atoms with Gasteiger partial charge in [0.15, 0.2) is 0 Å². The molecule has 0 saturated heterocycles. The summed E-state index contributed by atoms with van der Waals surface area (Å²) < 4.78 is 11.1. The molecule has 20 heavy (non-hydrogen) atoms. The van der Waals surface area contributed by atoms with E-state index in [0.717, 1.165) is 11.1 Å². The van der Waals surface area contributed by atoms with Crippen LogP contribution in [0.25, 0.3) is 0 Å². The smallest absolute Gasteiger partial charge is 0.691 e. The van der Waals surface area contributed by atoms with Crippen molar-refractivity contribution in [2.45, 2.75) is 13.2 Å². The molecule has 100 valence electrons. The van der Waals surface area contributed by atoms with Crippen LogP contribution >= 0.6 is 5.69 Å². The van der Waals surface area contributed by atoms with Crippen LogP contribution in [0.5, 0.6) is 0 Å². The first-order valence-corrected chi connectivity index (χ1v) is 9.49.